The Morgan fingerprint density at radius 3 is 2.72 bits per heavy atom. The third-order valence-corrected chi connectivity index (χ3v) is 6.36. The van der Waals surface area contributed by atoms with E-state index in [1.165, 1.54) is 30.5 Å². The Hall–Kier alpha value is -2.21. The first-order valence-electron chi connectivity index (χ1n) is 10.3. The summed E-state index contributed by atoms with van der Waals surface area (Å²) >= 11 is 18.1. The number of nitrogens with one attached hydrogen (secondary N) is 2. The summed E-state index contributed by atoms with van der Waals surface area (Å²) in [5.74, 6) is 1.07. The predicted molar refractivity (Wildman–Crippen MR) is 126 cm³/mol. The molecule has 0 bridgehead atoms. The number of allylic oxidation sites excluding steroid dienone is 2. The average Bonchev–Trinajstić information content (AvgIpc) is 3.59. The summed E-state index contributed by atoms with van der Waals surface area (Å²) in [4.78, 5) is 13.1. The van der Waals surface area contributed by atoms with Gasteiger partial charge in [0.2, 0.25) is 0 Å². The molecule has 8 heteroatoms. The van der Waals surface area contributed by atoms with Crippen LogP contribution in [0.5, 0.6) is 5.75 Å². The number of hydrogen-bond donors (Lipinski definition) is 2. The van der Waals surface area contributed by atoms with Crippen molar-refractivity contribution < 1.29 is 13.9 Å². The standard InChI is InChI=1S/C24H22Cl3FN2O2/c1-24(23(31)29-13-20(28)18-8-7-16(25)12-19(18)26)21(9-10-22(27)30-24)32-17-4-2-3-15(11-17)14-5-6-14/h2-4,7-12,14,20,30H,5-6,13H2,1H3,(H,29,31). The largest absolute Gasteiger partial charge is 0.459 e. The Kier molecular flexibility index (Phi) is 6.70. The number of halogens is 4. The summed E-state index contributed by atoms with van der Waals surface area (Å²) < 4.78 is 20.9. The SMILES string of the molecule is CC1(C(=O)NCC(F)c2ccc(Cl)cc2Cl)NC(Cl)=CC=C1Oc1cccc(C2CC2)c1. The highest BCUT2D eigenvalue weighted by Gasteiger charge is 2.41. The molecule has 1 saturated carbocycles. The van der Waals surface area contributed by atoms with Gasteiger partial charge in [-0.3, -0.25) is 4.79 Å². The van der Waals surface area contributed by atoms with E-state index in [1.54, 1.807) is 25.1 Å². The molecule has 168 valence electrons. The molecule has 2 N–H and O–H groups in total. The van der Waals surface area contributed by atoms with Crippen molar-refractivity contribution in [3.63, 3.8) is 0 Å². The van der Waals surface area contributed by atoms with Gasteiger partial charge in [0.1, 0.15) is 22.8 Å². The summed E-state index contributed by atoms with van der Waals surface area (Å²) in [5.41, 5.74) is 0.136. The number of carbonyl (C=O) groups is 1. The second kappa shape index (κ2) is 9.34. The molecule has 1 amide bonds. The third-order valence-electron chi connectivity index (χ3n) is 5.57. The Balaban J connectivity index is 1.48. The van der Waals surface area contributed by atoms with Crippen LogP contribution in [0.4, 0.5) is 4.39 Å². The zero-order valence-corrected chi connectivity index (χ0v) is 19.6. The second-order valence-electron chi connectivity index (χ2n) is 8.09. The Labute approximate surface area is 201 Å². The number of hydrogen-bond acceptors (Lipinski definition) is 3. The average molecular weight is 496 g/mol. The minimum atomic E-state index is -1.51. The molecule has 2 unspecified atom stereocenters. The first kappa shape index (κ1) is 23.0. The lowest BCUT2D eigenvalue weighted by Crippen LogP contribution is -2.57. The molecule has 4 nitrogen and oxygen atoms in total. The molecular weight excluding hydrogens is 474 g/mol. The number of benzene rings is 2. The van der Waals surface area contributed by atoms with Gasteiger partial charge in [-0.25, -0.2) is 4.39 Å². The van der Waals surface area contributed by atoms with E-state index in [0.29, 0.717) is 22.4 Å². The molecular formula is C24H22Cl3FN2O2. The molecule has 0 radical (unpaired) electrons. The van der Waals surface area contributed by atoms with Crippen LogP contribution >= 0.6 is 34.8 Å². The van der Waals surface area contributed by atoms with Crippen molar-refractivity contribution in [3.05, 3.63) is 86.7 Å². The molecule has 4 rings (SSSR count). The Morgan fingerprint density at radius 2 is 2.00 bits per heavy atom. The number of dihydropyridines is 1. The third kappa shape index (κ3) is 5.06. The van der Waals surface area contributed by atoms with Crippen molar-refractivity contribution >= 4 is 40.7 Å². The van der Waals surface area contributed by atoms with Crippen LogP contribution in [0.3, 0.4) is 0 Å². The number of rotatable bonds is 7. The van der Waals surface area contributed by atoms with Crippen LogP contribution in [-0.2, 0) is 4.79 Å². The molecule has 2 aliphatic rings. The van der Waals surface area contributed by atoms with E-state index in [1.807, 2.05) is 18.2 Å². The Morgan fingerprint density at radius 1 is 1.22 bits per heavy atom. The van der Waals surface area contributed by atoms with Crippen LogP contribution in [0.25, 0.3) is 0 Å². The van der Waals surface area contributed by atoms with Gasteiger partial charge < -0.3 is 15.4 Å². The summed E-state index contributed by atoms with van der Waals surface area (Å²) in [6, 6.07) is 12.3. The summed E-state index contributed by atoms with van der Waals surface area (Å²) in [7, 11) is 0. The Bertz CT molecular complexity index is 1100. The van der Waals surface area contributed by atoms with Crippen molar-refractivity contribution in [1.29, 1.82) is 0 Å². The van der Waals surface area contributed by atoms with Crippen LogP contribution in [0.15, 0.2) is 65.5 Å². The monoisotopic (exact) mass is 494 g/mol. The predicted octanol–water partition coefficient (Wildman–Crippen LogP) is 6.40. The van der Waals surface area contributed by atoms with E-state index >= 15 is 0 Å². The summed E-state index contributed by atoms with van der Waals surface area (Å²) in [6.07, 6.45) is 4.10. The van der Waals surface area contributed by atoms with Crippen molar-refractivity contribution in [3.8, 4) is 5.75 Å². The number of amides is 1. The maximum Gasteiger partial charge on any atom is 0.253 e. The fourth-order valence-corrected chi connectivity index (χ4v) is 4.34. The topological polar surface area (TPSA) is 50.4 Å². The van der Waals surface area contributed by atoms with Crippen molar-refractivity contribution in [2.75, 3.05) is 6.54 Å². The van der Waals surface area contributed by atoms with Crippen molar-refractivity contribution in [2.45, 2.75) is 37.4 Å². The second-order valence-corrected chi connectivity index (χ2v) is 9.34. The molecule has 1 aliphatic carbocycles. The molecule has 2 aromatic carbocycles. The van der Waals surface area contributed by atoms with Crippen LogP contribution in [-0.4, -0.2) is 18.0 Å². The van der Waals surface area contributed by atoms with E-state index in [-0.39, 0.29) is 22.3 Å². The van der Waals surface area contributed by atoms with E-state index < -0.39 is 17.6 Å². The smallest absolute Gasteiger partial charge is 0.253 e. The maximum absolute atomic E-state index is 14.8. The quantitative estimate of drug-likeness (QED) is 0.437. The molecule has 1 aliphatic heterocycles. The molecule has 2 aromatic rings. The lowest BCUT2D eigenvalue weighted by Gasteiger charge is -2.34. The number of ether oxygens (including phenoxy) is 1. The van der Waals surface area contributed by atoms with Gasteiger partial charge in [-0.05, 0) is 67.7 Å². The maximum atomic E-state index is 14.8. The highest BCUT2D eigenvalue weighted by atomic mass is 35.5. The van der Waals surface area contributed by atoms with Crippen LogP contribution < -0.4 is 15.4 Å². The minimum Gasteiger partial charge on any atom is -0.459 e. The van der Waals surface area contributed by atoms with Crippen LogP contribution in [0.1, 0.15) is 43.0 Å². The van der Waals surface area contributed by atoms with Gasteiger partial charge in [-0.2, -0.15) is 0 Å². The van der Waals surface area contributed by atoms with Gasteiger partial charge in [0.05, 0.1) is 6.54 Å². The molecule has 0 aromatic heterocycles. The number of alkyl halides is 1. The van der Waals surface area contributed by atoms with E-state index in [2.05, 4.69) is 16.7 Å². The summed E-state index contributed by atoms with van der Waals surface area (Å²) in [5, 5.41) is 6.47. The normalized spacial score (nSPS) is 21.2. The zero-order chi connectivity index (χ0) is 22.9. The molecule has 32 heavy (non-hydrogen) atoms. The minimum absolute atomic E-state index is 0.201. The first-order chi connectivity index (χ1) is 15.3. The highest BCUT2D eigenvalue weighted by Crippen LogP contribution is 2.41. The lowest BCUT2D eigenvalue weighted by molar-refractivity contribution is -0.126. The van der Waals surface area contributed by atoms with Gasteiger partial charge in [-0.1, -0.05) is 53.0 Å². The molecule has 2 atom stereocenters. The van der Waals surface area contributed by atoms with E-state index in [9.17, 15) is 9.18 Å². The zero-order valence-electron chi connectivity index (χ0n) is 17.3. The van der Waals surface area contributed by atoms with Crippen molar-refractivity contribution in [2.24, 2.45) is 0 Å². The highest BCUT2D eigenvalue weighted by molar-refractivity contribution is 6.35. The molecule has 1 heterocycles. The molecule has 1 fully saturated rings. The van der Waals surface area contributed by atoms with Crippen LogP contribution in [0.2, 0.25) is 10.0 Å². The summed E-state index contributed by atoms with van der Waals surface area (Å²) in [6.45, 7) is 1.36. The fraction of sp³-hybridized carbons (Fsp3) is 0.292. The van der Waals surface area contributed by atoms with Gasteiger partial charge >= 0.3 is 0 Å². The van der Waals surface area contributed by atoms with Crippen LogP contribution in [0, 0.1) is 0 Å². The lowest BCUT2D eigenvalue weighted by atomic mass is 9.95. The first-order valence-corrected chi connectivity index (χ1v) is 11.4. The number of carbonyl (C=O) groups excluding carboxylic acids is 1. The van der Waals surface area contributed by atoms with Gasteiger partial charge in [0, 0.05) is 15.6 Å². The van der Waals surface area contributed by atoms with E-state index in [4.69, 9.17) is 39.5 Å². The van der Waals surface area contributed by atoms with Gasteiger partial charge in [0.25, 0.3) is 5.91 Å². The fourth-order valence-electron chi connectivity index (χ4n) is 3.56. The van der Waals surface area contributed by atoms with Crippen molar-refractivity contribution in [1.82, 2.24) is 10.6 Å². The van der Waals surface area contributed by atoms with E-state index in [0.717, 1.165) is 0 Å². The van der Waals surface area contributed by atoms with Gasteiger partial charge in [-0.15, -0.1) is 0 Å². The molecule has 0 saturated heterocycles. The molecule has 0 spiro atoms. The van der Waals surface area contributed by atoms with Gasteiger partial charge in [0.15, 0.2) is 5.54 Å².